The Balaban J connectivity index is 2.15. The summed E-state index contributed by atoms with van der Waals surface area (Å²) in [5, 5.41) is 16.7. The molecular weight excluding hydrogens is 368 g/mol. The van der Waals surface area contributed by atoms with E-state index in [0.29, 0.717) is 30.1 Å². The lowest BCUT2D eigenvalue weighted by molar-refractivity contribution is -0.117. The minimum atomic E-state index is -3.88. The molecule has 0 spiro atoms. The van der Waals surface area contributed by atoms with Crippen LogP contribution in [0, 0.1) is 25.2 Å². The number of nitrogens with zero attached hydrogens (tertiary/aromatic N) is 2. The van der Waals surface area contributed by atoms with Crippen LogP contribution in [0.1, 0.15) is 23.3 Å². The molecule has 2 aromatic rings. The Bertz CT molecular complexity index is 946. The standard InChI is InChI=1S/C18H22N4O4S/c1-13-9-16(27(20,24)25)10-17(14(13)2)21-18(23)12-22(7-4-6-19)11-15-5-3-8-26-15/h3,5,8-10H,4,7,11-12H2,1-2H3,(H,21,23)(H2,20,24,25). The van der Waals surface area contributed by atoms with Crippen LogP contribution < -0.4 is 10.5 Å². The maximum Gasteiger partial charge on any atom is 0.238 e. The van der Waals surface area contributed by atoms with Gasteiger partial charge in [0.2, 0.25) is 15.9 Å². The van der Waals surface area contributed by atoms with Gasteiger partial charge in [-0.3, -0.25) is 9.69 Å². The van der Waals surface area contributed by atoms with Gasteiger partial charge in [0.25, 0.3) is 0 Å². The first-order valence-corrected chi connectivity index (χ1v) is 9.81. The number of nitrogens with two attached hydrogens (primary N) is 1. The average Bonchev–Trinajstić information content (AvgIpc) is 3.08. The number of aryl methyl sites for hydroxylation is 1. The fourth-order valence-corrected chi connectivity index (χ4v) is 3.18. The van der Waals surface area contributed by atoms with E-state index < -0.39 is 10.0 Å². The van der Waals surface area contributed by atoms with Crippen LogP contribution >= 0.6 is 0 Å². The van der Waals surface area contributed by atoms with E-state index in [2.05, 4.69) is 11.4 Å². The number of furan rings is 1. The Morgan fingerprint density at radius 3 is 2.70 bits per heavy atom. The lowest BCUT2D eigenvalue weighted by atomic mass is 10.1. The van der Waals surface area contributed by atoms with Crippen molar-refractivity contribution in [3.63, 3.8) is 0 Å². The highest BCUT2D eigenvalue weighted by Gasteiger charge is 2.16. The van der Waals surface area contributed by atoms with Gasteiger partial charge in [0, 0.05) is 18.7 Å². The maximum atomic E-state index is 12.5. The zero-order valence-corrected chi connectivity index (χ0v) is 16.0. The summed E-state index contributed by atoms with van der Waals surface area (Å²) >= 11 is 0. The molecule has 0 fully saturated rings. The van der Waals surface area contributed by atoms with Crippen molar-refractivity contribution >= 4 is 21.6 Å². The fourth-order valence-electron chi connectivity index (χ4n) is 2.56. The predicted octanol–water partition coefficient (Wildman–Crippen LogP) is 1.90. The Hall–Kier alpha value is -2.67. The van der Waals surface area contributed by atoms with E-state index in [0.717, 1.165) is 5.56 Å². The van der Waals surface area contributed by atoms with Crippen LogP contribution in [-0.4, -0.2) is 32.3 Å². The zero-order valence-electron chi connectivity index (χ0n) is 15.2. The Labute approximate surface area is 158 Å². The van der Waals surface area contributed by atoms with Crippen LogP contribution in [0.3, 0.4) is 0 Å². The van der Waals surface area contributed by atoms with Crippen molar-refractivity contribution in [3.05, 3.63) is 47.4 Å². The molecule has 0 saturated heterocycles. The number of hydrogen-bond acceptors (Lipinski definition) is 6. The van der Waals surface area contributed by atoms with Gasteiger partial charge in [0.15, 0.2) is 0 Å². The molecule has 0 saturated carbocycles. The number of carbonyl (C=O) groups is 1. The summed E-state index contributed by atoms with van der Waals surface area (Å²) in [6.07, 6.45) is 1.82. The maximum absolute atomic E-state index is 12.5. The summed E-state index contributed by atoms with van der Waals surface area (Å²) in [6.45, 7) is 4.35. The molecular formula is C18H22N4O4S. The Morgan fingerprint density at radius 2 is 2.11 bits per heavy atom. The molecule has 1 aromatic heterocycles. The van der Waals surface area contributed by atoms with E-state index >= 15 is 0 Å². The molecule has 0 unspecified atom stereocenters. The number of benzene rings is 1. The van der Waals surface area contributed by atoms with Crippen LogP contribution in [0.4, 0.5) is 5.69 Å². The van der Waals surface area contributed by atoms with Crippen molar-refractivity contribution in [1.82, 2.24) is 4.90 Å². The Morgan fingerprint density at radius 1 is 1.37 bits per heavy atom. The summed E-state index contributed by atoms with van der Waals surface area (Å²) in [4.78, 5) is 14.2. The number of nitriles is 1. The van der Waals surface area contributed by atoms with Gasteiger partial charge in [-0.1, -0.05) is 0 Å². The van der Waals surface area contributed by atoms with Crippen LogP contribution in [0.5, 0.6) is 0 Å². The van der Waals surface area contributed by atoms with Gasteiger partial charge in [0.1, 0.15) is 5.76 Å². The quantitative estimate of drug-likeness (QED) is 0.708. The molecule has 0 bridgehead atoms. The number of amides is 1. The van der Waals surface area contributed by atoms with E-state index in [1.165, 1.54) is 12.1 Å². The molecule has 3 N–H and O–H groups in total. The smallest absolute Gasteiger partial charge is 0.238 e. The third-order valence-corrected chi connectivity index (χ3v) is 5.00. The second-order valence-electron chi connectivity index (χ2n) is 6.20. The molecule has 0 atom stereocenters. The predicted molar refractivity (Wildman–Crippen MR) is 100 cm³/mol. The number of rotatable bonds is 8. The number of nitrogens with one attached hydrogen (secondary N) is 1. The van der Waals surface area contributed by atoms with Gasteiger partial charge < -0.3 is 9.73 Å². The number of sulfonamides is 1. The van der Waals surface area contributed by atoms with E-state index in [1.54, 1.807) is 37.1 Å². The molecule has 9 heteroatoms. The van der Waals surface area contributed by atoms with E-state index in [4.69, 9.17) is 14.8 Å². The van der Waals surface area contributed by atoms with Crippen LogP contribution in [0.2, 0.25) is 0 Å². The normalized spacial score (nSPS) is 11.4. The van der Waals surface area contributed by atoms with Crippen molar-refractivity contribution < 1.29 is 17.6 Å². The highest BCUT2D eigenvalue weighted by Crippen LogP contribution is 2.23. The lowest BCUT2D eigenvalue weighted by Crippen LogP contribution is -2.33. The first kappa shape index (κ1) is 20.6. The van der Waals surface area contributed by atoms with Crippen LogP contribution in [0.25, 0.3) is 0 Å². The monoisotopic (exact) mass is 390 g/mol. The molecule has 2 rings (SSSR count). The minimum absolute atomic E-state index is 0.0282. The topological polar surface area (TPSA) is 129 Å². The third-order valence-electron chi connectivity index (χ3n) is 4.11. The molecule has 27 heavy (non-hydrogen) atoms. The van der Waals surface area contributed by atoms with Gasteiger partial charge in [0.05, 0.1) is 30.3 Å². The first-order chi connectivity index (χ1) is 12.7. The molecule has 8 nitrogen and oxygen atoms in total. The molecule has 1 amide bonds. The lowest BCUT2D eigenvalue weighted by Gasteiger charge is -2.20. The molecule has 0 aliphatic carbocycles. The summed E-state index contributed by atoms with van der Waals surface area (Å²) in [6, 6.07) is 8.42. The van der Waals surface area contributed by atoms with Crippen molar-refractivity contribution in [2.75, 3.05) is 18.4 Å². The fraction of sp³-hybridized carbons (Fsp3) is 0.333. The van der Waals surface area contributed by atoms with Crippen LogP contribution in [0.15, 0.2) is 39.8 Å². The number of anilines is 1. The summed E-state index contributed by atoms with van der Waals surface area (Å²) in [7, 11) is -3.88. The van der Waals surface area contributed by atoms with Gasteiger partial charge in [-0.2, -0.15) is 5.26 Å². The number of primary sulfonamides is 1. The third kappa shape index (κ3) is 5.92. The van der Waals surface area contributed by atoms with Crippen molar-refractivity contribution in [1.29, 1.82) is 5.26 Å². The Kier molecular flexibility index (Phi) is 6.74. The second-order valence-corrected chi connectivity index (χ2v) is 7.77. The molecule has 144 valence electrons. The summed E-state index contributed by atoms with van der Waals surface area (Å²) in [5.41, 5.74) is 1.85. The van der Waals surface area contributed by atoms with Gasteiger partial charge in [-0.05, 0) is 49.2 Å². The molecule has 0 aliphatic heterocycles. The van der Waals surface area contributed by atoms with Gasteiger partial charge in [-0.15, -0.1) is 0 Å². The van der Waals surface area contributed by atoms with Crippen molar-refractivity contribution in [2.24, 2.45) is 5.14 Å². The van der Waals surface area contributed by atoms with Crippen LogP contribution in [-0.2, 0) is 21.4 Å². The van der Waals surface area contributed by atoms with E-state index in [-0.39, 0.29) is 23.8 Å². The highest BCUT2D eigenvalue weighted by molar-refractivity contribution is 7.89. The van der Waals surface area contributed by atoms with Crippen molar-refractivity contribution in [3.8, 4) is 6.07 Å². The molecule has 0 radical (unpaired) electrons. The molecule has 0 aliphatic rings. The number of hydrogen-bond donors (Lipinski definition) is 2. The van der Waals surface area contributed by atoms with Gasteiger partial charge >= 0.3 is 0 Å². The van der Waals surface area contributed by atoms with Crippen molar-refractivity contribution in [2.45, 2.75) is 31.7 Å². The SMILES string of the molecule is Cc1cc(S(N)(=O)=O)cc(NC(=O)CN(CCC#N)Cc2ccco2)c1C. The second kappa shape index (κ2) is 8.81. The summed E-state index contributed by atoms with van der Waals surface area (Å²) < 4.78 is 28.5. The first-order valence-electron chi connectivity index (χ1n) is 8.26. The summed E-state index contributed by atoms with van der Waals surface area (Å²) in [5.74, 6) is 0.359. The number of carbonyl (C=O) groups excluding carboxylic acids is 1. The largest absolute Gasteiger partial charge is 0.468 e. The van der Waals surface area contributed by atoms with E-state index in [9.17, 15) is 13.2 Å². The minimum Gasteiger partial charge on any atom is -0.468 e. The van der Waals surface area contributed by atoms with E-state index in [1.807, 2.05) is 0 Å². The highest BCUT2D eigenvalue weighted by atomic mass is 32.2. The zero-order chi connectivity index (χ0) is 20.0. The molecule has 1 heterocycles. The molecule has 1 aromatic carbocycles. The van der Waals surface area contributed by atoms with Gasteiger partial charge in [-0.25, -0.2) is 13.6 Å². The average molecular weight is 390 g/mol.